The zero-order valence-electron chi connectivity index (χ0n) is 12.2. The molecule has 0 fully saturated rings. The number of benzene rings is 1. The van der Waals surface area contributed by atoms with Gasteiger partial charge < -0.3 is 10.2 Å². The van der Waals surface area contributed by atoms with Crippen molar-refractivity contribution in [3.8, 4) is 0 Å². The minimum absolute atomic E-state index is 1.09. The van der Waals surface area contributed by atoms with Gasteiger partial charge in [-0.1, -0.05) is 31.9 Å². The van der Waals surface area contributed by atoms with Crippen LogP contribution in [0.4, 0.5) is 5.69 Å². The summed E-state index contributed by atoms with van der Waals surface area (Å²) in [6, 6.07) is 8.74. The number of aryl methyl sites for hydroxylation is 1. The molecule has 0 saturated carbocycles. The van der Waals surface area contributed by atoms with E-state index < -0.39 is 0 Å². The number of rotatable bonds is 9. The third kappa shape index (κ3) is 6.06. The van der Waals surface area contributed by atoms with E-state index in [9.17, 15) is 0 Å². The van der Waals surface area contributed by atoms with Crippen LogP contribution >= 0.6 is 0 Å². The Bertz CT molecular complexity index is 323. The average Bonchev–Trinajstić information content (AvgIpc) is 2.37. The quantitative estimate of drug-likeness (QED) is 0.672. The van der Waals surface area contributed by atoms with Crippen molar-refractivity contribution in [3.63, 3.8) is 0 Å². The second-order valence-electron chi connectivity index (χ2n) is 5.03. The van der Waals surface area contributed by atoms with Crippen LogP contribution in [0, 0.1) is 6.92 Å². The van der Waals surface area contributed by atoms with Crippen molar-refractivity contribution in [2.75, 3.05) is 31.6 Å². The molecule has 0 amide bonds. The third-order valence-electron chi connectivity index (χ3n) is 3.29. The van der Waals surface area contributed by atoms with Gasteiger partial charge in [0.1, 0.15) is 0 Å². The van der Waals surface area contributed by atoms with Gasteiger partial charge in [0.15, 0.2) is 0 Å². The second-order valence-corrected chi connectivity index (χ2v) is 5.03. The molecule has 2 heteroatoms. The van der Waals surface area contributed by atoms with Gasteiger partial charge >= 0.3 is 0 Å². The molecule has 18 heavy (non-hydrogen) atoms. The van der Waals surface area contributed by atoms with Crippen LogP contribution in [0.15, 0.2) is 24.3 Å². The second kappa shape index (κ2) is 8.98. The van der Waals surface area contributed by atoms with E-state index >= 15 is 0 Å². The molecule has 1 N–H and O–H groups in total. The van der Waals surface area contributed by atoms with Gasteiger partial charge in [0.2, 0.25) is 0 Å². The lowest BCUT2D eigenvalue weighted by Gasteiger charge is -2.19. The number of nitrogens with zero attached hydrogens (tertiary/aromatic N) is 1. The Hall–Kier alpha value is -1.02. The Morgan fingerprint density at radius 2 is 1.89 bits per heavy atom. The number of unbranched alkanes of at least 4 members (excludes halogenated alkanes) is 3. The first kappa shape index (κ1) is 15.0. The zero-order valence-corrected chi connectivity index (χ0v) is 12.2. The summed E-state index contributed by atoms with van der Waals surface area (Å²) in [6.07, 6.45) is 5.27. The summed E-state index contributed by atoms with van der Waals surface area (Å²) < 4.78 is 0. The molecule has 0 aromatic heterocycles. The molecule has 0 spiro atoms. The van der Waals surface area contributed by atoms with Crippen LogP contribution in [-0.4, -0.2) is 26.7 Å². The fraction of sp³-hybridized carbons (Fsp3) is 0.625. The van der Waals surface area contributed by atoms with E-state index in [0.717, 1.165) is 13.1 Å². The minimum atomic E-state index is 1.09. The number of nitrogens with one attached hydrogen (secondary N) is 1. The molecule has 0 atom stereocenters. The highest BCUT2D eigenvalue weighted by molar-refractivity contribution is 5.47. The summed E-state index contributed by atoms with van der Waals surface area (Å²) in [7, 11) is 2.19. The molecule has 1 rings (SSSR count). The predicted octanol–water partition coefficient (Wildman–Crippen LogP) is 3.60. The van der Waals surface area contributed by atoms with Gasteiger partial charge in [-0.3, -0.25) is 0 Å². The van der Waals surface area contributed by atoms with E-state index in [1.807, 2.05) is 0 Å². The van der Waals surface area contributed by atoms with E-state index in [1.165, 1.54) is 43.5 Å². The molecule has 0 aliphatic heterocycles. The van der Waals surface area contributed by atoms with E-state index in [0.29, 0.717) is 0 Å². The zero-order chi connectivity index (χ0) is 13.2. The van der Waals surface area contributed by atoms with Crippen molar-refractivity contribution in [3.05, 3.63) is 29.8 Å². The van der Waals surface area contributed by atoms with E-state index in [2.05, 4.69) is 55.4 Å². The fourth-order valence-electron chi connectivity index (χ4n) is 2.12. The molecule has 1 aromatic carbocycles. The van der Waals surface area contributed by atoms with E-state index in [4.69, 9.17) is 0 Å². The first-order valence-corrected chi connectivity index (χ1v) is 7.22. The van der Waals surface area contributed by atoms with Crippen molar-refractivity contribution in [1.29, 1.82) is 0 Å². The van der Waals surface area contributed by atoms with Crippen molar-refractivity contribution < 1.29 is 0 Å². The Balaban J connectivity index is 2.12. The van der Waals surface area contributed by atoms with Gasteiger partial charge in [-0.25, -0.2) is 0 Å². The first-order chi connectivity index (χ1) is 8.74. The Morgan fingerprint density at radius 1 is 1.11 bits per heavy atom. The van der Waals surface area contributed by atoms with Crippen LogP contribution in [0.25, 0.3) is 0 Å². The van der Waals surface area contributed by atoms with Crippen LogP contribution in [0.3, 0.4) is 0 Å². The highest BCUT2D eigenvalue weighted by Crippen LogP contribution is 2.15. The van der Waals surface area contributed by atoms with Gasteiger partial charge in [-0.15, -0.1) is 0 Å². The van der Waals surface area contributed by atoms with Crippen LogP contribution in [0.2, 0.25) is 0 Å². The number of hydrogen-bond acceptors (Lipinski definition) is 2. The number of hydrogen-bond donors (Lipinski definition) is 1. The molecule has 1 aromatic rings. The van der Waals surface area contributed by atoms with Crippen molar-refractivity contribution in [2.45, 2.75) is 39.5 Å². The normalized spacial score (nSPS) is 10.6. The summed E-state index contributed by atoms with van der Waals surface area (Å²) in [5.41, 5.74) is 2.67. The van der Waals surface area contributed by atoms with Crippen LogP contribution in [0.5, 0.6) is 0 Å². The van der Waals surface area contributed by atoms with Gasteiger partial charge in [0.25, 0.3) is 0 Å². The molecule has 0 saturated heterocycles. The summed E-state index contributed by atoms with van der Waals surface area (Å²) in [4.78, 5) is 2.36. The predicted molar refractivity (Wildman–Crippen MR) is 81.5 cm³/mol. The smallest absolute Gasteiger partial charge is 0.0366 e. The SMILES string of the molecule is CCNCCCCCCN(C)c1cccc(C)c1. The highest BCUT2D eigenvalue weighted by atomic mass is 15.1. The molecule has 0 heterocycles. The Morgan fingerprint density at radius 3 is 2.61 bits per heavy atom. The molecule has 0 radical (unpaired) electrons. The summed E-state index contributed by atoms with van der Waals surface area (Å²) in [5, 5.41) is 3.37. The fourth-order valence-corrected chi connectivity index (χ4v) is 2.12. The largest absolute Gasteiger partial charge is 0.375 e. The molecular weight excluding hydrogens is 220 g/mol. The Labute approximate surface area is 112 Å². The van der Waals surface area contributed by atoms with Crippen molar-refractivity contribution >= 4 is 5.69 Å². The molecule has 102 valence electrons. The lowest BCUT2D eigenvalue weighted by Crippen LogP contribution is -2.18. The molecule has 0 bridgehead atoms. The maximum absolute atomic E-state index is 3.37. The summed E-state index contributed by atoms with van der Waals surface area (Å²) in [5.74, 6) is 0. The number of anilines is 1. The van der Waals surface area contributed by atoms with Gasteiger partial charge in [-0.05, 0) is 50.6 Å². The van der Waals surface area contributed by atoms with Crippen LogP contribution < -0.4 is 10.2 Å². The van der Waals surface area contributed by atoms with Crippen molar-refractivity contribution in [1.82, 2.24) is 5.32 Å². The van der Waals surface area contributed by atoms with Gasteiger partial charge in [-0.2, -0.15) is 0 Å². The lowest BCUT2D eigenvalue weighted by atomic mass is 10.1. The van der Waals surface area contributed by atoms with E-state index in [1.54, 1.807) is 0 Å². The standard InChI is InChI=1S/C16H28N2/c1-4-17-12-7-5-6-8-13-18(3)16-11-9-10-15(2)14-16/h9-11,14,17H,4-8,12-13H2,1-3H3. The molecule has 0 aliphatic rings. The summed E-state index contributed by atoms with van der Waals surface area (Å²) in [6.45, 7) is 7.74. The van der Waals surface area contributed by atoms with E-state index in [-0.39, 0.29) is 0 Å². The average molecular weight is 248 g/mol. The Kier molecular flexibility index (Phi) is 7.51. The van der Waals surface area contributed by atoms with Crippen LogP contribution in [0.1, 0.15) is 38.2 Å². The minimum Gasteiger partial charge on any atom is -0.375 e. The van der Waals surface area contributed by atoms with Crippen LogP contribution in [-0.2, 0) is 0 Å². The maximum Gasteiger partial charge on any atom is 0.0366 e. The molecule has 0 unspecified atom stereocenters. The molecule has 0 aliphatic carbocycles. The molecule has 2 nitrogen and oxygen atoms in total. The summed E-state index contributed by atoms with van der Waals surface area (Å²) >= 11 is 0. The lowest BCUT2D eigenvalue weighted by molar-refractivity contribution is 0.597. The third-order valence-corrected chi connectivity index (χ3v) is 3.29. The van der Waals surface area contributed by atoms with Gasteiger partial charge in [0.05, 0.1) is 0 Å². The van der Waals surface area contributed by atoms with Gasteiger partial charge in [0, 0.05) is 19.3 Å². The monoisotopic (exact) mass is 248 g/mol. The first-order valence-electron chi connectivity index (χ1n) is 7.22. The highest BCUT2D eigenvalue weighted by Gasteiger charge is 2.00. The van der Waals surface area contributed by atoms with Crippen molar-refractivity contribution in [2.24, 2.45) is 0 Å². The molecular formula is C16H28N2. The maximum atomic E-state index is 3.37. The topological polar surface area (TPSA) is 15.3 Å².